The highest BCUT2D eigenvalue weighted by molar-refractivity contribution is 5.47. The van der Waals surface area contributed by atoms with E-state index in [1.807, 2.05) is 30.3 Å². The molecule has 1 aliphatic rings. The van der Waals surface area contributed by atoms with Gasteiger partial charge in [-0.3, -0.25) is 10.0 Å². The van der Waals surface area contributed by atoms with E-state index in [1.54, 1.807) is 0 Å². The van der Waals surface area contributed by atoms with E-state index in [9.17, 15) is 10.0 Å². The fourth-order valence-electron chi connectivity index (χ4n) is 1.77. The van der Waals surface area contributed by atoms with E-state index in [0.29, 0.717) is 12.3 Å². The first-order valence-corrected chi connectivity index (χ1v) is 4.80. The fourth-order valence-corrected chi connectivity index (χ4v) is 1.77. The second kappa shape index (κ2) is 3.80. The van der Waals surface area contributed by atoms with Gasteiger partial charge in [-0.15, -0.1) is 0 Å². The molecule has 3 heteroatoms. The van der Waals surface area contributed by atoms with Crippen LogP contribution in [0.3, 0.4) is 0 Å². The van der Waals surface area contributed by atoms with Gasteiger partial charge >= 0.3 is 0 Å². The average molecular weight is 191 g/mol. The van der Waals surface area contributed by atoms with Crippen molar-refractivity contribution in [1.82, 2.24) is 5.06 Å². The van der Waals surface area contributed by atoms with Crippen LogP contribution in [0.25, 0.3) is 0 Å². The quantitative estimate of drug-likeness (QED) is 0.449. The highest BCUT2D eigenvalue weighted by Crippen LogP contribution is 2.43. The smallest absolute Gasteiger partial charge is 0.233 e. The Hall–Kier alpha value is -1.35. The minimum atomic E-state index is -0.159. The first-order chi connectivity index (χ1) is 6.83. The molecule has 1 aromatic carbocycles. The topological polar surface area (TPSA) is 40.5 Å². The third-order valence-corrected chi connectivity index (χ3v) is 2.60. The Morgan fingerprint density at radius 1 is 1.36 bits per heavy atom. The van der Waals surface area contributed by atoms with E-state index in [4.69, 9.17) is 0 Å². The van der Waals surface area contributed by atoms with Gasteiger partial charge in [0, 0.05) is 0 Å². The molecule has 0 aromatic heterocycles. The molecule has 2 rings (SSSR count). The Morgan fingerprint density at radius 3 is 2.50 bits per heavy atom. The summed E-state index contributed by atoms with van der Waals surface area (Å²) in [5, 5.41) is 10.2. The molecule has 0 saturated heterocycles. The van der Waals surface area contributed by atoms with Gasteiger partial charge < -0.3 is 0 Å². The molecule has 1 aliphatic carbocycles. The number of hydroxylamine groups is 2. The first kappa shape index (κ1) is 9.21. The van der Waals surface area contributed by atoms with Gasteiger partial charge in [0.15, 0.2) is 0 Å². The average Bonchev–Trinajstić information content (AvgIpc) is 3.04. The van der Waals surface area contributed by atoms with Gasteiger partial charge in [0.25, 0.3) is 0 Å². The van der Waals surface area contributed by atoms with E-state index in [2.05, 4.69) is 0 Å². The van der Waals surface area contributed by atoms with Crippen LogP contribution in [-0.2, 0) is 4.79 Å². The highest BCUT2D eigenvalue weighted by atomic mass is 16.5. The molecule has 1 N–H and O–H groups in total. The van der Waals surface area contributed by atoms with Crippen molar-refractivity contribution >= 4 is 6.41 Å². The summed E-state index contributed by atoms with van der Waals surface area (Å²) in [6.45, 7) is 0. The van der Waals surface area contributed by atoms with Gasteiger partial charge in [-0.25, -0.2) is 5.06 Å². The summed E-state index contributed by atoms with van der Waals surface area (Å²) in [6, 6.07) is 9.49. The van der Waals surface area contributed by atoms with Crippen LogP contribution in [-0.4, -0.2) is 16.7 Å². The third-order valence-electron chi connectivity index (χ3n) is 2.60. The summed E-state index contributed by atoms with van der Waals surface area (Å²) < 4.78 is 0. The van der Waals surface area contributed by atoms with E-state index < -0.39 is 0 Å². The number of hydrogen-bond donors (Lipinski definition) is 1. The zero-order valence-electron chi connectivity index (χ0n) is 7.84. The molecule has 1 saturated carbocycles. The molecule has 0 radical (unpaired) electrons. The summed E-state index contributed by atoms with van der Waals surface area (Å²) in [5.41, 5.74) is 1.00. The van der Waals surface area contributed by atoms with Crippen LogP contribution in [0.5, 0.6) is 0 Å². The molecule has 3 nitrogen and oxygen atoms in total. The lowest BCUT2D eigenvalue weighted by atomic mass is 10.0. The largest absolute Gasteiger partial charge is 0.286 e. The fraction of sp³-hybridized carbons (Fsp3) is 0.364. The molecular formula is C11H13NO2. The van der Waals surface area contributed by atoms with Crippen molar-refractivity contribution in [1.29, 1.82) is 0 Å². The SMILES string of the molecule is O=CN(O)[C@@H](c1ccccc1)C1CC1. The summed E-state index contributed by atoms with van der Waals surface area (Å²) in [4.78, 5) is 10.5. The van der Waals surface area contributed by atoms with Crippen LogP contribution in [0.2, 0.25) is 0 Å². The number of nitrogens with zero attached hydrogens (tertiary/aromatic N) is 1. The lowest BCUT2D eigenvalue weighted by Crippen LogP contribution is -2.25. The molecule has 1 fully saturated rings. The number of rotatable bonds is 4. The minimum absolute atomic E-state index is 0.159. The van der Waals surface area contributed by atoms with E-state index in [-0.39, 0.29) is 6.04 Å². The summed E-state index contributed by atoms with van der Waals surface area (Å²) in [7, 11) is 0. The number of carbonyl (C=O) groups excluding carboxylic acids is 1. The van der Waals surface area contributed by atoms with Gasteiger partial charge in [0.1, 0.15) is 0 Å². The van der Waals surface area contributed by atoms with Crippen molar-refractivity contribution < 1.29 is 10.0 Å². The number of hydrogen-bond acceptors (Lipinski definition) is 2. The summed E-state index contributed by atoms with van der Waals surface area (Å²) in [5.74, 6) is 0.424. The molecular weight excluding hydrogens is 178 g/mol. The van der Waals surface area contributed by atoms with Gasteiger partial charge in [0.2, 0.25) is 6.41 Å². The predicted molar refractivity (Wildman–Crippen MR) is 51.6 cm³/mol. The molecule has 0 aliphatic heterocycles. The Bertz CT molecular complexity index is 308. The van der Waals surface area contributed by atoms with E-state index >= 15 is 0 Å². The molecule has 1 aromatic rings. The Kier molecular flexibility index (Phi) is 2.50. The zero-order chi connectivity index (χ0) is 9.97. The normalized spacial score (nSPS) is 17.5. The molecule has 74 valence electrons. The van der Waals surface area contributed by atoms with Crippen LogP contribution in [0.4, 0.5) is 0 Å². The molecule has 0 heterocycles. The van der Waals surface area contributed by atoms with E-state index in [1.165, 1.54) is 0 Å². The van der Waals surface area contributed by atoms with Crippen molar-refractivity contribution in [2.75, 3.05) is 0 Å². The Balaban J connectivity index is 2.22. The predicted octanol–water partition coefficient (Wildman–Crippen LogP) is 1.99. The van der Waals surface area contributed by atoms with Gasteiger partial charge in [-0.05, 0) is 24.3 Å². The van der Waals surface area contributed by atoms with Crippen molar-refractivity contribution in [3.05, 3.63) is 35.9 Å². The zero-order valence-corrected chi connectivity index (χ0v) is 7.84. The minimum Gasteiger partial charge on any atom is -0.286 e. The van der Waals surface area contributed by atoms with Crippen LogP contribution >= 0.6 is 0 Å². The monoisotopic (exact) mass is 191 g/mol. The lowest BCUT2D eigenvalue weighted by molar-refractivity contribution is -0.163. The van der Waals surface area contributed by atoms with Crippen molar-refractivity contribution in [2.45, 2.75) is 18.9 Å². The van der Waals surface area contributed by atoms with Crippen LogP contribution in [0, 0.1) is 5.92 Å². The van der Waals surface area contributed by atoms with Crippen molar-refractivity contribution in [2.24, 2.45) is 5.92 Å². The first-order valence-electron chi connectivity index (χ1n) is 4.80. The van der Waals surface area contributed by atoms with Gasteiger partial charge in [-0.2, -0.15) is 0 Å². The number of benzene rings is 1. The third kappa shape index (κ3) is 1.77. The van der Waals surface area contributed by atoms with Gasteiger partial charge in [-0.1, -0.05) is 30.3 Å². The summed E-state index contributed by atoms with van der Waals surface area (Å²) >= 11 is 0. The maximum Gasteiger partial charge on any atom is 0.233 e. The molecule has 1 atom stereocenters. The molecule has 1 amide bonds. The van der Waals surface area contributed by atoms with Gasteiger partial charge in [0.05, 0.1) is 6.04 Å². The van der Waals surface area contributed by atoms with E-state index in [0.717, 1.165) is 23.5 Å². The molecule has 0 spiro atoms. The van der Waals surface area contributed by atoms with Crippen molar-refractivity contribution in [3.63, 3.8) is 0 Å². The highest BCUT2D eigenvalue weighted by Gasteiger charge is 2.35. The molecule has 0 unspecified atom stereocenters. The van der Waals surface area contributed by atoms with Crippen LogP contribution < -0.4 is 0 Å². The Morgan fingerprint density at radius 2 is 2.00 bits per heavy atom. The number of amides is 1. The summed E-state index contributed by atoms with van der Waals surface area (Å²) in [6.07, 6.45) is 2.66. The number of carbonyl (C=O) groups is 1. The van der Waals surface area contributed by atoms with Crippen LogP contribution in [0.15, 0.2) is 30.3 Å². The molecule has 0 bridgehead atoms. The maximum atomic E-state index is 10.5. The second-order valence-corrected chi connectivity index (χ2v) is 3.68. The van der Waals surface area contributed by atoms with Crippen molar-refractivity contribution in [3.8, 4) is 0 Å². The molecule has 14 heavy (non-hydrogen) atoms. The second-order valence-electron chi connectivity index (χ2n) is 3.68. The van der Waals surface area contributed by atoms with Crippen LogP contribution in [0.1, 0.15) is 24.4 Å². The lowest BCUT2D eigenvalue weighted by Gasteiger charge is -2.22. The Labute approximate surface area is 82.9 Å². The maximum absolute atomic E-state index is 10.5. The standard InChI is InChI=1S/C11H13NO2/c13-8-12(14)11(10-6-7-10)9-4-2-1-3-5-9/h1-5,8,10-11,14H,6-7H2/t11-/m0/s1.